The molecule has 4 heteroatoms. The minimum atomic E-state index is -0.850. The molecule has 1 saturated heterocycles. The Kier molecular flexibility index (Phi) is 11.4. The van der Waals surface area contributed by atoms with Crippen LogP contribution in [0.4, 0.5) is 0 Å². The predicted molar refractivity (Wildman–Crippen MR) is 113 cm³/mol. The molecule has 1 saturated carbocycles. The molecule has 4 rings (SSSR count). The molecule has 1 heterocycles. The zero-order valence-electron chi connectivity index (χ0n) is 18.5. The molecule has 154 valence electrons. The van der Waals surface area contributed by atoms with Gasteiger partial charge in [-0.3, -0.25) is 6.08 Å². The average molecular weight is 471 g/mol. The maximum Gasteiger partial charge on any atom is 4.00 e. The van der Waals surface area contributed by atoms with E-state index in [-0.39, 0.29) is 51.9 Å². The quantitative estimate of drug-likeness (QED) is 0.423. The molecule has 0 spiro atoms. The smallest absolute Gasteiger partial charge is 1.00 e. The van der Waals surface area contributed by atoms with Crippen LogP contribution in [0.3, 0.4) is 0 Å². The van der Waals surface area contributed by atoms with Crippen LogP contribution in [0.5, 0.6) is 0 Å². The Hall–Kier alpha value is 0.471. The van der Waals surface area contributed by atoms with Gasteiger partial charge in [-0.2, -0.15) is 17.6 Å². The van der Waals surface area contributed by atoms with Gasteiger partial charge in [0.1, 0.15) is 0 Å². The molecule has 2 unspecified atom stereocenters. The number of rotatable bonds is 2. The second-order valence-electron chi connectivity index (χ2n) is 9.17. The third kappa shape index (κ3) is 5.39. The number of fused-ring (bicyclic) bond motifs is 1. The first-order valence-corrected chi connectivity index (χ1v) is 13.0. The van der Waals surface area contributed by atoms with Gasteiger partial charge >= 0.3 is 21.7 Å². The van der Waals surface area contributed by atoms with Gasteiger partial charge in [0, 0.05) is 8.07 Å². The molecule has 0 amide bonds. The molecule has 3 aliphatic carbocycles. The number of hydrogen-bond acceptors (Lipinski definition) is 0. The van der Waals surface area contributed by atoms with E-state index in [0.717, 1.165) is 11.5 Å². The Bertz CT molecular complexity index is 648. The van der Waals surface area contributed by atoms with Crippen LogP contribution in [0.25, 0.3) is 0 Å². The van der Waals surface area contributed by atoms with Crippen molar-refractivity contribution in [3.05, 3.63) is 53.0 Å². The van der Waals surface area contributed by atoms with E-state index in [1.165, 1.54) is 42.0 Å². The van der Waals surface area contributed by atoms with Crippen LogP contribution in [0, 0.1) is 23.8 Å². The first kappa shape index (κ1) is 28.5. The summed E-state index contributed by atoms with van der Waals surface area (Å²) >= 11 is 0. The summed E-state index contributed by atoms with van der Waals surface area (Å²) in [7, 11) is -0.850. The SMILES string of the molecule is CC1=[C-]C(C)(C)C(C)=C1C.CC[Si]1(C2[CH-]CC3CC=CC=C32)CCC1.[Cl-].[Cl-].[Ti+4]. The third-order valence-electron chi connectivity index (χ3n) is 7.61. The van der Waals surface area contributed by atoms with Gasteiger partial charge < -0.3 is 31.2 Å². The molecule has 0 radical (unpaired) electrons. The zero-order valence-corrected chi connectivity index (χ0v) is 22.5. The second kappa shape index (κ2) is 11.2. The van der Waals surface area contributed by atoms with E-state index in [1.54, 1.807) is 12.1 Å². The fraction of sp³-hybridized carbons (Fsp3) is 0.625. The standard InChI is InChI=1S/C14H21Si.C10H15.2ClH.Ti/c1-2-15(10-5-11-15)14-9-8-12-6-3-4-7-13(12)14;1-7-6-10(4,5)9(3)8(7)2;;;/h3-4,7,9,12,14H,2,5-6,8,10-11H2,1H3;1-5H3;2*1H;/q2*-1;;;+4/p-2. The predicted octanol–water partition coefficient (Wildman–Crippen LogP) is 1.46. The van der Waals surface area contributed by atoms with Crippen molar-refractivity contribution in [2.24, 2.45) is 11.3 Å². The minimum Gasteiger partial charge on any atom is -1.00 e. The van der Waals surface area contributed by atoms with Crippen LogP contribution in [-0.2, 0) is 21.7 Å². The van der Waals surface area contributed by atoms with Crippen molar-refractivity contribution in [3.63, 3.8) is 0 Å². The molecular formula is C24H36Cl2SiTi. The van der Waals surface area contributed by atoms with Gasteiger partial charge in [-0.05, 0) is 12.3 Å². The summed E-state index contributed by atoms with van der Waals surface area (Å²) < 4.78 is 0. The summed E-state index contributed by atoms with van der Waals surface area (Å²) in [4.78, 5) is 0. The third-order valence-corrected chi connectivity index (χ3v) is 13.6. The molecule has 0 bridgehead atoms. The normalized spacial score (nSPS) is 28.2. The van der Waals surface area contributed by atoms with Gasteiger partial charge in [-0.15, -0.1) is 12.5 Å². The second-order valence-corrected chi connectivity index (χ2v) is 14.2. The van der Waals surface area contributed by atoms with Gasteiger partial charge in [0.25, 0.3) is 0 Å². The maximum atomic E-state index is 3.44. The van der Waals surface area contributed by atoms with Crippen LogP contribution in [-0.4, -0.2) is 8.07 Å². The molecule has 1 aliphatic heterocycles. The molecule has 0 N–H and O–H groups in total. The van der Waals surface area contributed by atoms with Gasteiger partial charge in [-0.1, -0.05) is 88.4 Å². The number of hydrogen-bond donors (Lipinski definition) is 0. The first-order chi connectivity index (χ1) is 11.8. The van der Waals surface area contributed by atoms with Crippen molar-refractivity contribution in [1.82, 2.24) is 0 Å². The molecule has 2 fully saturated rings. The van der Waals surface area contributed by atoms with E-state index in [0.29, 0.717) is 0 Å². The molecule has 2 atom stereocenters. The first-order valence-electron chi connectivity index (χ1n) is 10.3. The van der Waals surface area contributed by atoms with Gasteiger partial charge in [0.2, 0.25) is 0 Å². The summed E-state index contributed by atoms with van der Waals surface area (Å²) in [6.07, 6.45) is 17.4. The Morgan fingerprint density at radius 3 is 2.21 bits per heavy atom. The van der Waals surface area contributed by atoms with Crippen LogP contribution in [0.15, 0.2) is 40.5 Å². The Morgan fingerprint density at radius 1 is 1.18 bits per heavy atom. The topological polar surface area (TPSA) is 0 Å². The molecule has 4 aliphatic rings. The van der Waals surface area contributed by atoms with Crippen LogP contribution in [0.1, 0.15) is 60.8 Å². The fourth-order valence-electron chi connectivity index (χ4n) is 5.25. The fourth-order valence-corrected chi connectivity index (χ4v) is 9.95. The Balaban J connectivity index is 0.000000503. The van der Waals surface area contributed by atoms with E-state index in [1.807, 2.05) is 5.57 Å². The average Bonchev–Trinajstić information content (AvgIpc) is 3.04. The molecule has 0 aromatic rings. The largest absolute Gasteiger partial charge is 4.00 e. The van der Waals surface area contributed by atoms with Crippen molar-refractivity contribution in [3.8, 4) is 0 Å². The summed E-state index contributed by atoms with van der Waals surface area (Å²) in [6.45, 7) is 13.4. The van der Waals surface area contributed by atoms with Crippen molar-refractivity contribution >= 4 is 8.07 Å². The molecule has 28 heavy (non-hydrogen) atoms. The van der Waals surface area contributed by atoms with Crippen LogP contribution < -0.4 is 24.8 Å². The van der Waals surface area contributed by atoms with E-state index in [2.05, 4.69) is 72.3 Å². The molecular weight excluding hydrogens is 435 g/mol. The monoisotopic (exact) mass is 470 g/mol. The summed E-state index contributed by atoms with van der Waals surface area (Å²) in [5.74, 6) is 0.900. The van der Waals surface area contributed by atoms with E-state index >= 15 is 0 Å². The number of halogens is 2. The summed E-state index contributed by atoms with van der Waals surface area (Å²) in [6, 6.07) is 4.73. The summed E-state index contributed by atoms with van der Waals surface area (Å²) in [5, 5.41) is 0. The van der Waals surface area contributed by atoms with Crippen molar-refractivity contribution in [2.45, 2.75) is 84.5 Å². The van der Waals surface area contributed by atoms with Crippen molar-refractivity contribution in [2.75, 3.05) is 0 Å². The Morgan fingerprint density at radius 2 is 1.82 bits per heavy atom. The Labute approximate surface area is 202 Å². The van der Waals surface area contributed by atoms with E-state index in [9.17, 15) is 0 Å². The van der Waals surface area contributed by atoms with Crippen LogP contribution >= 0.6 is 0 Å². The van der Waals surface area contributed by atoms with Gasteiger partial charge in [0.15, 0.2) is 0 Å². The van der Waals surface area contributed by atoms with E-state index < -0.39 is 8.07 Å². The molecule has 0 nitrogen and oxygen atoms in total. The number of allylic oxidation sites excluding steroid dienone is 8. The minimum absolute atomic E-state index is 0. The van der Waals surface area contributed by atoms with E-state index in [4.69, 9.17) is 0 Å². The van der Waals surface area contributed by atoms with Gasteiger partial charge in [0.05, 0.1) is 0 Å². The summed E-state index contributed by atoms with van der Waals surface area (Å²) in [5.41, 5.74) is 7.18. The molecule has 0 aromatic heterocycles. The zero-order chi connectivity index (χ0) is 18.2. The van der Waals surface area contributed by atoms with Crippen molar-refractivity contribution in [1.29, 1.82) is 0 Å². The van der Waals surface area contributed by atoms with Crippen LogP contribution in [0.2, 0.25) is 23.7 Å². The molecule has 0 aromatic carbocycles. The van der Waals surface area contributed by atoms with Crippen molar-refractivity contribution < 1.29 is 46.5 Å². The maximum absolute atomic E-state index is 3.44. The van der Waals surface area contributed by atoms with Gasteiger partial charge in [-0.25, -0.2) is 5.57 Å².